The van der Waals surface area contributed by atoms with Crippen LogP contribution in [-0.4, -0.2) is 62.2 Å². The topological polar surface area (TPSA) is 81.9 Å². The van der Waals surface area contributed by atoms with Crippen LogP contribution in [0.4, 0.5) is 19.0 Å². The van der Waals surface area contributed by atoms with E-state index in [0.717, 1.165) is 11.6 Å². The largest absolute Gasteiger partial charge is 0.493 e. The lowest BCUT2D eigenvalue weighted by Crippen LogP contribution is -2.41. The van der Waals surface area contributed by atoms with E-state index in [-0.39, 0.29) is 29.9 Å². The van der Waals surface area contributed by atoms with E-state index in [0.29, 0.717) is 37.8 Å². The molecule has 3 aromatic rings. The van der Waals surface area contributed by atoms with Crippen molar-refractivity contribution in [2.75, 3.05) is 52.4 Å². The van der Waals surface area contributed by atoms with Gasteiger partial charge in [-0.15, -0.1) is 10.2 Å². The predicted molar refractivity (Wildman–Crippen MR) is 118 cm³/mol. The van der Waals surface area contributed by atoms with E-state index in [4.69, 9.17) is 18.6 Å². The van der Waals surface area contributed by atoms with Crippen molar-refractivity contribution in [1.29, 1.82) is 0 Å². The second-order valence-corrected chi connectivity index (χ2v) is 7.63. The number of benzene rings is 1. The first-order valence-corrected chi connectivity index (χ1v) is 10.7. The maximum absolute atomic E-state index is 13.9. The van der Waals surface area contributed by atoms with E-state index in [2.05, 4.69) is 20.4 Å². The Morgan fingerprint density at radius 1 is 1.06 bits per heavy atom. The Morgan fingerprint density at radius 3 is 2.47 bits per heavy atom. The lowest BCUT2D eigenvalue weighted by atomic mass is 10.0. The van der Waals surface area contributed by atoms with Crippen LogP contribution in [0, 0.1) is 0 Å². The van der Waals surface area contributed by atoms with Crippen LogP contribution in [0.2, 0.25) is 0 Å². The average Bonchev–Trinajstić information content (AvgIpc) is 3.39. The quantitative estimate of drug-likeness (QED) is 0.515. The van der Waals surface area contributed by atoms with Crippen molar-refractivity contribution in [2.24, 2.45) is 0 Å². The summed E-state index contributed by atoms with van der Waals surface area (Å²) in [6.07, 6.45) is -3.26. The number of morpholine rings is 1. The molecule has 11 heteroatoms. The summed E-state index contributed by atoms with van der Waals surface area (Å²) in [5, 5.41) is 10.7. The maximum Gasteiger partial charge on any atom is 0.420 e. The Labute approximate surface area is 194 Å². The van der Waals surface area contributed by atoms with Crippen LogP contribution in [0.5, 0.6) is 11.5 Å². The van der Waals surface area contributed by atoms with Gasteiger partial charge in [0.1, 0.15) is 11.3 Å². The molecule has 8 nitrogen and oxygen atoms in total. The first-order valence-electron chi connectivity index (χ1n) is 10.7. The number of nitrogens with one attached hydrogen (secondary N) is 1. The highest BCUT2D eigenvalue weighted by molar-refractivity contribution is 5.57. The molecule has 0 saturated carbocycles. The van der Waals surface area contributed by atoms with Crippen molar-refractivity contribution in [3.63, 3.8) is 0 Å². The Kier molecular flexibility index (Phi) is 7.23. The van der Waals surface area contributed by atoms with Gasteiger partial charge in [-0.3, -0.25) is 4.90 Å². The van der Waals surface area contributed by atoms with Crippen LogP contribution in [-0.2, 0) is 10.9 Å². The number of rotatable bonds is 8. The molecule has 1 atom stereocenters. The number of hydrogen-bond acceptors (Lipinski definition) is 8. The molecule has 2 aromatic heterocycles. The molecule has 0 bridgehead atoms. The molecule has 182 valence electrons. The third-order valence-corrected chi connectivity index (χ3v) is 5.61. The summed E-state index contributed by atoms with van der Waals surface area (Å²) >= 11 is 0. The maximum atomic E-state index is 13.9. The second kappa shape index (κ2) is 10.3. The monoisotopic (exact) mass is 478 g/mol. The molecule has 1 unspecified atom stereocenters. The highest BCUT2D eigenvalue weighted by Gasteiger charge is 2.36. The highest BCUT2D eigenvalue weighted by Crippen LogP contribution is 2.37. The summed E-state index contributed by atoms with van der Waals surface area (Å²) in [5.74, 6) is 0.970. The van der Waals surface area contributed by atoms with E-state index < -0.39 is 11.7 Å². The molecule has 1 N–H and O–H groups in total. The summed E-state index contributed by atoms with van der Waals surface area (Å²) in [7, 11) is 3.08. The Morgan fingerprint density at radius 2 is 1.82 bits per heavy atom. The minimum absolute atomic E-state index is 0.00694. The number of nitrogens with zero attached hydrogens (tertiary/aromatic N) is 3. The number of halogens is 3. The fraction of sp³-hybridized carbons (Fsp3) is 0.391. The van der Waals surface area contributed by atoms with Crippen molar-refractivity contribution in [3.8, 4) is 23.0 Å². The molecule has 0 aliphatic carbocycles. The highest BCUT2D eigenvalue weighted by atomic mass is 19.4. The van der Waals surface area contributed by atoms with Crippen LogP contribution < -0.4 is 14.8 Å². The number of alkyl halides is 3. The zero-order chi connectivity index (χ0) is 24.1. The summed E-state index contributed by atoms with van der Waals surface area (Å²) in [4.78, 5) is 2.15. The molecule has 3 heterocycles. The summed E-state index contributed by atoms with van der Waals surface area (Å²) < 4.78 is 62.9. The molecule has 1 aliphatic rings. The zero-order valence-electron chi connectivity index (χ0n) is 18.8. The molecule has 1 aliphatic heterocycles. The van der Waals surface area contributed by atoms with E-state index in [1.54, 1.807) is 19.2 Å². The van der Waals surface area contributed by atoms with Gasteiger partial charge in [0.05, 0.1) is 39.7 Å². The third kappa shape index (κ3) is 5.26. The number of hydrogen-bond donors (Lipinski definition) is 1. The minimum atomic E-state index is -4.63. The van der Waals surface area contributed by atoms with Crippen molar-refractivity contribution in [3.05, 3.63) is 53.8 Å². The molecule has 0 amide bonds. The van der Waals surface area contributed by atoms with Gasteiger partial charge < -0.3 is 23.9 Å². The van der Waals surface area contributed by atoms with Gasteiger partial charge in [0.25, 0.3) is 0 Å². The predicted octanol–water partition coefficient (Wildman–Crippen LogP) is 4.26. The second-order valence-electron chi connectivity index (χ2n) is 7.63. The van der Waals surface area contributed by atoms with Crippen LogP contribution in [0.1, 0.15) is 17.2 Å². The first-order chi connectivity index (χ1) is 16.4. The molecule has 34 heavy (non-hydrogen) atoms. The van der Waals surface area contributed by atoms with Gasteiger partial charge in [0.15, 0.2) is 23.1 Å². The number of anilines is 1. The van der Waals surface area contributed by atoms with Gasteiger partial charge in [-0.2, -0.15) is 13.2 Å². The normalized spacial score (nSPS) is 15.7. The van der Waals surface area contributed by atoms with E-state index in [9.17, 15) is 13.2 Å². The van der Waals surface area contributed by atoms with Crippen molar-refractivity contribution >= 4 is 5.82 Å². The lowest BCUT2D eigenvalue weighted by molar-refractivity contribution is -0.137. The van der Waals surface area contributed by atoms with E-state index in [1.165, 1.54) is 19.4 Å². The fourth-order valence-corrected chi connectivity index (χ4v) is 3.88. The third-order valence-electron chi connectivity index (χ3n) is 5.61. The number of aromatic nitrogens is 2. The molecule has 1 fully saturated rings. The van der Waals surface area contributed by atoms with Gasteiger partial charge in [-0.05, 0) is 35.9 Å². The SMILES string of the molecule is COc1ccc(C(CNc2nnc(-c3ccco3)cc2C(F)(F)F)N2CCOCC2)cc1OC. The van der Waals surface area contributed by atoms with Crippen LogP contribution in [0.15, 0.2) is 47.1 Å². The van der Waals surface area contributed by atoms with Crippen molar-refractivity contribution in [1.82, 2.24) is 15.1 Å². The van der Waals surface area contributed by atoms with E-state index >= 15 is 0 Å². The minimum Gasteiger partial charge on any atom is -0.493 e. The van der Waals surface area contributed by atoms with Gasteiger partial charge in [-0.25, -0.2) is 0 Å². The van der Waals surface area contributed by atoms with E-state index in [1.807, 2.05) is 12.1 Å². The standard InChI is InChI=1S/C23H25F3N4O4/c1-31-20-6-5-15(12-21(20)32-2)18(30-7-10-33-11-8-30)14-27-22-16(23(24,25)26)13-17(28-29-22)19-4-3-9-34-19/h3-6,9,12-13,18H,7-8,10-11,14H2,1-2H3,(H,27,29). The molecule has 1 saturated heterocycles. The van der Waals surface area contributed by atoms with Crippen molar-refractivity contribution in [2.45, 2.75) is 12.2 Å². The number of furan rings is 1. The Balaban J connectivity index is 1.64. The Bertz CT molecular complexity index is 1090. The van der Waals surface area contributed by atoms with Crippen LogP contribution in [0.3, 0.4) is 0 Å². The molecule has 0 spiro atoms. The molecule has 4 rings (SSSR count). The van der Waals surface area contributed by atoms with Gasteiger partial charge in [0, 0.05) is 19.6 Å². The van der Waals surface area contributed by atoms with Crippen molar-refractivity contribution < 1.29 is 31.8 Å². The summed E-state index contributed by atoms with van der Waals surface area (Å²) in [5.41, 5.74) is -0.0461. The zero-order valence-corrected chi connectivity index (χ0v) is 18.8. The fourth-order valence-electron chi connectivity index (χ4n) is 3.88. The smallest absolute Gasteiger partial charge is 0.420 e. The molecule has 0 radical (unpaired) electrons. The Hall–Kier alpha value is -3.31. The van der Waals surface area contributed by atoms with Gasteiger partial charge in [-0.1, -0.05) is 6.07 Å². The van der Waals surface area contributed by atoms with Gasteiger partial charge in [0.2, 0.25) is 0 Å². The molecular weight excluding hydrogens is 453 g/mol. The van der Waals surface area contributed by atoms with Gasteiger partial charge >= 0.3 is 6.18 Å². The average molecular weight is 478 g/mol. The molecule has 1 aromatic carbocycles. The summed E-state index contributed by atoms with van der Waals surface area (Å²) in [6, 6.07) is 9.26. The lowest BCUT2D eigenvalue weighted by Gasteiger charge is -2.35. The van der Waals surface area contributed by atoms with Crippen LogP contribution >= 0.6 is 0 Å². The number of methoxy groups -OCH3 is 2. The number of ether oxygens (including phenoxy) is 3. The van der Waals surface area contributed by atoms with Crippen LogP contribution in [0.25, 0.3) is 11.5 Å². The summed E-state index contributed by atoms with van der Waals surface area (Å²) in [6.45, 7) is 2.50. The molecular formula is C23H25F3N4O4. The first kappa shape index (κ1) is 23.8.